The van der Waals surface area contributed by atoms with Crippen LogP contribution in [0.25, 0.3) is 5.76 Å². The van der Waals surface area contributed by atoms with Crippen molar-refractivity contribution < 1.29 is 14.3 Å². The topological polar surface area (TPSA) is 35.5 Å². The Morgan fingerprint density at radius 3 is 3.00 bits per heavy atom. The van der Waals surface area contributed by atoms with Crippen LogP contribution in [0.5, 0.6) is 0 Å². The zero-order valence-corrected chi connectivity index (χ0v) is 9.73. The number of carbonyl (C=O) groups excluding carboxylic acids is 1. The summed E-state index contributed by atoms with van der Waals surface area (Å²) in [6.07, 6.45) is 2.11. The number of methoxy groups -OCH3 is 1. The van der Waals surface area contributed by atoms with Crippen molar-refractivity contribution in [2.45, 2.75) is 13.0 Å². The number of esters is 1. The summed E-state index contributed by atoms with van der Waals surface area (Å²) in [5, 5.41) is 0. The van der Waals surface area contributed by atoms with Gasteiger partial charge in [0.15, 0.2) is 0 Å². The maximum atomic E-state index is 11.7. The number of ether oxygens (including phenoxy) is 2. The van der Waals surface area contributed by atoms with E-state index in [9.17, 15) is 4.79 Å². The van der Waals surface area contributed by atoms with Gasteiger partial charge in [0, 0.05) is 17.5 Å². The molecule has 1 aromatic rings. The van der Waals surface area contributed by atoms with Gasteiger partial charge in [0.2, 0.25) is 0 Å². The van der Waals surface area contributed by atoms with Crippen molar-refractivity contribution in [1.29, 1.82) is 0 Å². The van der Waals surface area contributed by atoms with Gasteiger partial charge in [-0.05, 0) is 0 Å². The van der Waals surface area contributed by atoms with E-state index in [0.29, 0.717) is 24.4 Å². The van der Waals surface area contributed by atoms with Crippen LogP contribution in [0.3, 0.4) is 0 Å². The number of benzene rings is 1. The number of allylic oxidation sites excluding steroid dienone is 1. The van der Waals surface area contributed by atoms with Gasteiger partial charge in [-0.1, -0.05) is 30.3 Å². The van der Waals surface area contributed by atoms with Crippen molar-refractivity contribution in [3.8, 4) is 0 Å². The zero-order chi connectivity index (χ0) is 12.3. The maximum Gasteiger partial charge on any atom is 0.337 e. The molecule has 0 amide bonds. The third-order valence-electron chi connectivity index (χ3n) is 2.69. The predicted octanol–water partition coefficient (Wildman–Crippen LogP) is 2.68. The Morgan fingerprint density at radius 2 is 2.29 bits per heavy atom. The molecule has 0 spiro atoms. The van der Waals surface area contributed by atoms with Crippen molar-refractivity contribution in [1.82, 2.24) is 0 Å². The molecule has 0 N–H and O–H groups in total. The van der Waals surface area contributed by atoms with Gasteiger partial charge in [-0.2, -0.15) is 0 Å². The molecule has 0 aromatic heterocycles. The van der Waals surface area contributed by atoms with Gasteiger partial charge in [-0.25, -0.2) is 4.79 Å². The van der Waals surface area contributed by atoms with Crippen molar-refractivity contribution in [3.05, 3.63) is 53.6 Å². The van der Waals surface area contributed by atoms with Gasteiger partial charge in [0.05, 0.1) is 12.7 Å². The van der Waals surface area contributed by atoms with Crippen LogP contribution in [-0.4, -0.2) is 13.1 Å². The highest BCUT2D eigenvalue weighted by Crippen LogP contribution is 2.33. The molecule has 2 rings (SSSR count). The van der Waals surface area contributed by atoms with Crippen LogP contribution in [0.15, 0.2) is 42.5 Å². The number of rotatable bonds is 3. The number of fused-ring (bicyclic) bond motifs is 1. The molecular weight excluding hydrogens is 216 g/mol. The molecule has 0 aliphatic carbocycles. The summed E-state index contributed by atoms with van der Waals surface area (Å²) in [7, 11) is 1.37. The molecule has 3 heteroatoms. The van der Waals surface area contributed by atoms with Crippen LogP contribution in [0.1, 0.15) is 17.5 Å². The molecule has 0 bridgehead atoms. The third-order valence-corrected chi connectivity index (χ3v) is 2.69. The largest absolute Gasteiger partial charge is 0.488 e. The zero-order valence-electron chi connectivity index (χ0n) is 9.73. The molecule has 3 nitrogen and oxygen atoms in total. The smallest absolute Gasteiger partial charge is 0.337 e. The van der Waals surface area contributed by atoms with E-state index < -0.39 is 0 Å². The monoisotopic (exact) mass is 230 g/mol. The molecular formula is C14H14O3. The summed E-state index contributed by atoms with van der Waals surface area (Å²) < 4.78 is 10.4. The number of hydrogen-bond donors (Lipinski definition) is 0. The summed E-state index contributed by atoms with van der Waals surface area (Å²) in [4.78, 5) is 11.7. The van der Waals surface area contributed by atoms with Crippen LogP contribution in [-0.2, 0) is 20.9 Å². The fourth-order valence-electron chi connectivity index (χ4n) is 1.88. The second-order valence-corrected chi connectivity index (χ2v) is 3.74. The van der Waals surface area contributed by atoms with Gasteiger partial charge >= 0.3 is 5.97 Å². The van der Waals surface area contributed by atoms with Gasteiger partial charge in [-0.3, -0.25) is 0 Å². The van der Waals surface area contributed by atoms with Gasteiger partial charge in [0.1, 0.15) is 12.4 Å². The van der Waals surface area contributed by atoms with Crippen LogP contribution in [0, 0.1) is 0 Å². The van der Waals surface area contributed by atoms with Crippen LogP contribution < -0.4 is 0 Å². The summed E-state index contributed by atoms with van der Waals surface area (Å²) in [5.41, 5.74) is 2.58. The molecule has 0 saturated heterocycles. The van der Waals surface area contributed by atoms with Crippen molar-refractivity contribution in [3.63, 3.8) is 0 Å². The Hall–Kier alpha value is -2.03. The Labute approximate surface area is 100 Å². The molecule has 1 aromatic carbocycles. The molecule has 17 heavy (non-hydrogen) atoms. The highest BCUT2D eigenvalue weighted by Gasteiger charge is 2.24. The molecule has 1 aliphatic heterocycles. The average Bonchev–Trinajstić information content (AvgIpc) is 2.79. The van der Waals surface area contributed by atoms with E-state index >= 15 is 0 Å². The summed E-state index contributed by atoms with van der Waals surface area (Å²) in [6.45, 7) is 4.15. The first-order valence-corrected chi connectivity index (χ1v) is 5.41. The van der Waals surface area contributed by atoms with E-state index in [-0.39, 0.29) is 5.97 Å². The normalized spacial score (nSPS) is 15.8. The lowest BCUT2D eigenvalue weighted by Crippen LogP contribution is -2.07. The van der Waals surface area contributed by atoms with Gasteiger partial charge in [0.25, 0.3) is 0 Å². The van der Waals surface area contributed by atoms with Crippen LogP contribution >= 0.6 is 0 Å². The van der Waals surface area contributed by atoms with E-state index in [0.717, 1.165) is 11.1 Å². The molecule has 1 aliphatic rings. The Balaban J connectivity index is 2.50. The van der Waals surface area contributed by atoms with Gasteiger partial charge < -0.3 is 9.47 Å². The fourth-order valence-corrected chi connectivity index (χ4v) is 1.88. The highest BCUT2D eigenvalue weighted by molar-refractivity contribution is 5.97. The molecule has 0 fully saturated rings. The lowest BCUT2D eigenvalue weighted by Gasteiger charge is -2.07. The third kappa shape index (κ3) is 2.09. The first-order valence-electron chi connectivity index (χ1n) is 5.41. The highest BCUT2D eigenvalue weighted by atomic mass is 16.5. The lowest BCUT2D eigenvalue weighted by atomic mass is 10.0. The second-order valence-electron chi connectivity index (χ2n) is 3.74. The van der Waals surface area contributed by atoms with E-state index in [2.05, 4.69) is 6.58 Å². The second kappa shape index (κ2) is 4.87. The summed E-state index contributed by atoms with van der Waals surface area (Å²) in [6, 6.07) is 7.82. The molecule has 0 atom stereocenters. The minimum absolute atomic E-state index is 0.364. The first kappa shape index (κ1) is 11.5. The number of carbonyl (C=O) groups is 1. The Kier molecular flexibility index (Phi) is 3.28. The summed E-state index contributed by atoms with van der Waals surface area (Å²) in [5.74, 6) is 0.254. The summed E-state index contributed by atoms with van der Waals surface area (Å²) >= 11 is 0. The van der Waals surface area contributed by atoms with E-state index in [1.165, 1.54) is 7.11 Å². The van der Waals surface area contributed by atoms with Crippen molar-refractivity contribution >= 4 is 11.7 Å². The fraction of sp³-hybridized carbons (Fsp3) is 0.214. The SMILES string of the molecule is C=CC/C(C(=O)OC)=C1/OCc2ccccc21. The van der Waals surface area contributed by atoms with Crippen molar-refractivity contribution in [2.75, 3.05) is 7.11 Å². The quantitative estimate of drug-likeness (QED) is 0.455. The Morgan fingerprint density at radius 1 is 1.53 bits per heavy atom. The van der Waals surface area contributed by atoms with Crippen LogP contribution in [0.2, 0.25) is 0 Å². The van der Waals surface area contributed by atoms with E-state index in [1.54, 1.807) is 6.08 Å². The number of hydrogen-bond acceptors (Lipinski definition) is 3. The van der Waals surface area contributed by atoms with E-state index in [4.69, 9.17) is 9.47 Å². The molecule has 1 heterocycles. The predicted molar refractivity (Wildman–Crippen MR) is 65.0 cm³/mol. The molecule has 0 unspecified atom stereocenters. The van der Waals surface area contributed by atoms with Crippen LogP contribution in [0.4, 0.5) is 0 Å². The minimum atomic E-state index is -0.364. The van der Waals surface area contributed by atoms with E-state index in [1.807, 2.05) is 24.3 Å². The van der Waals surface area contributed by atoms with Gasteiger partial charge in [-0.15, -0.1) is 6.58 Å². The average molecular weight is 230 g/mol. The molecule has 88 valence electrons. The Bertz CT molecular complexity index is 486. The standard InChI is InChI=1S/C14H14O3/c1-3-6-12(14(15)16-2)13-11-8-5-4-7-10(11)9-17-13/h3-5,7-8H,1,6,9H2,2H3/b13-12-. The minimum Gasteiger partial charge on any atom is -0.488 e. The molecule has 0 saturated carbocycles. The molecule has 0 radical (unpaired) electrons. The lowest BCUT2D eigenvalue weighted by molar-refractivity contribution is -0.136. The maximum absolute atomic E-state index is 11.7. The van der Waals surface area contributed by atoms with Crippen molar-refractivity contribution in [2.24, 2.45) is 0 Å². The first-order chi connectivity index (χ1) is 8.27.